The minimum atomic E-state index is -3.40. The number of carbonyl (C=O) groups excluding carboxylic acids is 1. The Bertz CT molecular complexity index is 1220. The van der Waals surface area contributed by atoms with E-state index in [1.807, 2.05) is 24.3 Å². The first kappa shape index (κ1) is 20.8. The van der Waals surface area contributed by atoms with E-state index < -0.39 is 10.0 Å². The SMILES string of the molecule is Cn1c(=O)sc2cc(NC(=O)C3CCN(S(=O)(=O)Cc4ccccc4)CC3)ccc21. The highest BCUT2D eigenvalue weighted by Gasteiger charge is 2.31. The van der Waals surface area contributed by atoms with Crippen LogP contribution in [0.15, 0.2) is 53.3 Å². The van der Waals surface area contributed by atoms with Crippen molar-refractivity contribution in [1.82, 2.24) is 8.87 Å². The number of nitrogens with one attached hydrogen (secondary N) is 1. The summed E-state index contributed by atoms with van der Waals surface area (Å²) < 4.78 is 29.2. The maximum Gasteiger partial charge on any atom is 0.307 e. The second kappa shape index (κ2) is 8.33. The highest BCUT2D eigenvalue weighted by Crippen LogP contribution is 2.25. The van der Waals surface area contributed by atoms with Crippen LogP contribution in [0.25, 0.3) is 10.2 Å². The van der Waals surface area contributed by atoms with E-state index in [2.05, 4.69) is 5.32 Å². The monoisotopic (exact) mass is 445 g/mol. The molecule has 158 valence electrons. The predicted octanol–water partition coefficient (Wildman–Crippen LogP) is 2.78. The number of hydrogen-bond donors (Lipinski definition) is 1. The number of hydrogen-bond acceptors (Lipinski definition) is 5. The van der Waals surface area contributed by atoms with E-state index in [9.17, 15) is 18.0 Å². The zero-order valence-corrected chi connectivity index (χ0v) is 18.2. The summed E-state index contributed by atoms with van der Waals surface area (Å²) in [4.78, 5) is 24.4. The summed E-state index contributed by atoms with van der Waals surface area (Å²) in [5, 5.41) is 2.91. The van der Waals surface area contributed by atoms with Gasteiger partial charge in [-0.25, -0.2) is 12.7 Å². The van der Waals surface area contributed by atoms with Gasteiger partial charge in [0.05, 0.1) is 16.0 Å². The van der Waals surface area contributed by atoms with Crippen molar-refractivity contribution in [3.8, 4) is 0 Å². The second-order valence-corrected chi connectivity index (χ2v) is 10.5. The van der Waals surface area contributed by atoms with Crippen molar-refractivity contribution in [1.29, 1.82) is 0 Å². The van der Waals surface area contributed by atoms with Crippen LogP contribution in [0.3, 0.4) is 0 Å². The fourth-order valence-electron chi connectivity index (χ4n) is 3.73. The molecule has 1 aliphatic rings. The molecule has 0 atom stereocenters. The number of piperidine rings is 1. The molecule has 1 aromatic heterocycles. The van der Waals surface area contributed by atoms with Gasteiger partial charge in [0.2, 0.25) is 15.9 Å². The zero-order valence-electron chi connectivity index (χ0n) is 16.6. The molecule has 1 N–H and O–H groups in total. The number of carbonyl (C=O) groups is 1. The fourth-order valence-corrected chi connectivity index (χ4v) is 6.21. The van der Waals surface area contributed by atoms with Crippen LogP contribution in [-0.2, 0) is 27.6 Å². The Morgan fingerprint density at radius 2 is 1.83 bits per heavy atom. The van der Waals surface area contributed by atoms with Crippen LogP contribution in [0.4, 0.5) is 5.69 Å². The quantitative estimate of drug-likeness (QED) is 0.654. The fraction of sp³-hybridized carbons (Fsp3) is 0.333. The van der Waals surface area contributed by atoms with Crippen molar-refractivity contribution in [2.45, 2.75) is 18.6 Å². The summed E-state index contributed by atoms with van der Waals surface area (Å²) in [5.74, 6) is -0.374. The molecule has 7 nitrogen and oxygen atoms in total. The number of benzene rings is 2. The van der Waals surface area contributed by atoms with Crippen LogP contribution in [0.1, 0.15) is 18.4 Å². The van der Waals surface area contributed by atoms with Crippen LogP contribution in [0.5, 0.6) is 0 Å². The normalized spacial score (nSPS) is 16.0. The lowest BCUT2D eigenvalue weighted by atomic mass is 9.97. The van der Waals surface area contributed by atoms with E-state index in [1.165, 1.54) is 4.31 Å². The van der Waals surface area contributed by atoms with Gasteiger partial charge in [-0.05, 0) is 36.6 Å². The maximum atomic E-state index is 12.7. The molecule has 0 spiro atoms. The Hall–Kier alpha value is -2.49. The van der Waals surface area contributed by atoms with Gasteiger partial charge in [-0.2, -0.15) is 0 Å². The minimum Gasteiger partial charge on any atom is -0.326 e. The standard InChI is InChI=1S/C21H23N3O4S2/c1-23-18-8-7-17(13-19(18)29-21(23)26)22-20(25)16-9-11-24(12-10-16)30(27,28)14-15-5-3-2-4-6-15/h2-8,13,16H,9-12,14H2,1H3,(H,22,25). The number of amides is 1. The number of fused-ring (bicyclic) bond motifs is 1. The number of thiazole rings is 1. The molecule has 2 heterocycles. The van der Waals surface area contributed by atoms with Crippen molar-refractivity contribution in [3.05, 3.63) is 63.8 Å². The molecule has 2 aromatic carbocycles. The molecule has 4 rings (SSSR count). The van der Waals surface area contributed by atoms with E-state index in [0.29, 0.717) is 31.6 Å². The van der Waals surface area contributed by atoms with Gasteiger partial charge in [0, 0.05) is 31.7 Å². The number of aryl methyl sites for hydroxylation is 1. The van der Waals surface area contributed by atoms with E-state index in [4.69, 9.17) is 0 Å². The van der Waals surface area contributed by atoms with Crippen molar-refractivity contribution in [2.75, 3.05) is 18.4 Å². The Morgan fingerprint density at radius 3 is 2.53 bits per heavy atom. The number of aromatic nitrogens is 1. The van der Waals surface area contributed by atoms with Crippen LogP contribution < -0.4 is 10.2 Å². The lowest BCUT2D eigenvalue weighted by Gasteiger charge is -2.30. The first-order valence-electron chi connectivity index (χ1n) is 9.76. The summed E-state index contributed by atoms with van der Waals surface area (Å²) in [6.45, 7) is 0.680. The zero-order chi connectivity index (χ0) is 21.3. The summed E-state index contributed by atoms with van der Waals surface area (Å²) >= 11 is 1.14. The third-order valence-corrected chi connectivity index (χ3v) is 8.32. The van der Waals surface area contributed by atoms with Gasteiger partial charge in [-0.15, -0.1) is 0 Å². The van der Waals surface area contributed by atoms with Crippen molar-refractivity contribution in [3.63, 3.8) is 0 Å². The molecule has 0 bridgehead atoms. The van der Waals surface area contributed by atoms with Gasteiger partial charge < -0.3 is 9.88 Å². The summed E-state index contributed by atoms with van der Waals surface area (Å²) in [7, 11) is -1.68. The Labute approximate surface area is 179 Å². The van der Waals surface area contributed by atoms with Gasteiger partial charge >= 0.3 is 4.87 Å². The maximum absolute atomic E-state index is 12.7. The van der Waals surface area contributed by atoms with Crippen molar-refractivity contribution in [2.24, 2.45) is 13.0 Å². The van der Waals surface area contributed by atoms with E-state index in [1.54, 1.807) is 35.9 Å². The topological polar surface area (TPSA) is 88.5 Å². The second-order valence-electron chi connectivity index (χ2n) is 7.51. The molecule has 1 saturated heterocycles. The molecule has 0 radical (unpaired) electrons. The first-order valence-corrected chi connectivity index (χ1v) is 12.2. The number of anilines is 1. The van der Waals surface area contributed by atoms with Crippen LogP contribution in [0.2, 0.25) is 0 Å². The number of sulfonamides is 1. The van der Waals surface area contributed by atoms with Crippen molar-refractivity contribution >= 4 is 43.2 Å². The molecule has 30 heavy (non-hydrogen) atoms. The lowest BCUT2D eigenvalue weighted by molar-refractivity contribution is -0.120. The average molecular weight is 446 g/mol. The molecule has 0 aliphatic carbocycles. The molecule has 1 amide bonds. The highest BCUT2D eigenvalue weighted by atomic mass is 32.2. The Morgan fingerprint density at radius 1 is 1.13 bits per heavy atom. The van der Waals surface area contributed by atoms with Gasteiger partial charge in [0.25, 0.3) is 0 Å². The molecular weight excluding hydrogens is 422 g/mol. The summed E-state index contributed by atoms with van der Waals surface area (Å²) in [5.41, 5.74) is 2.24. The van der Waals surface area contributed by atoms with Gasteiger partial charge in [-0.3, -0.25) is 9.59 Å². The molecule has 9 heteroatoms. The molecule has 1 aliphatic heterocycles. The molecule has 0 unspecified atom stereocenters. The highest BCUT2D eigenvalue weighted by molar-refractivity contribution is 7.88. The number of rotatable bonds is 5. The van der Waals surface area contributed by atoms with Crippen LogP contribution in [-0.4, -0.2) is 36.3 Å². The van der Waals surface area contributed by atoms with Gasteiger partial charge in [-0.1, -0.05) is 41.7 Å². The van der Waals surface area contributed by atoms with Crippen LogP contribution >= 0.6 is 11.3 Å². The third kappa shape index (κ3) is 4.33. The molecule has 1 fully saturated rings. The minimum absolute atomic E-state index is 0.0232. The molecular formula is C21H23N3O4S2. The summed E-state index contributed by atoms with van der Waals surface area (Å²) in [6.07, 6.45) is 0.974. The molecule has 0 saturated carbocycles. The van der Waals surface area contributed by atoms with E-state index in [-0.39, 0.29) is 22.5 Å². The predicted molar refractivity (Wildman–Crippen MR) is 119 cm³/mol. The first-order chi connectivity index (χ1) is 14.3. The lowest BCUT2D eigenvalue weighted by Crippen LogP contribution is -2.41. The van der Waals surface area contributed by atoms with Crippen molar-refractivity contribution < 1.29 is 13.2 Å². The smallest absolute Gasteiger partial charge is 0.307 e. The third-order valence-electron chi connectivity index (χ3n) is 5.47. The summed E-state index contributed by atoms with van der Waals surface area (Å²) in [6, 6.07) is 14.5. The Balaban J connectivity index is 1.37. The number of nitrogens with zero attached hydrogens (tertiary/aromatic N) is 2. The average Bonchev–Trinajstić information content (AvgIpc) is 3.01. The largest absolute Gasteiger partial charge is 0.326 e. The van der Waals surface area contributed by atoms with E-state index in [0.717, 1.165) is 27.1 Å². The van der Waals surface area contributed by atoms with Gasteiger partial charge in [0.1, 0.15) is 0 Å². The van der Waals surface area contributed by atoms with Crippen LogP contribution in [0, 0.1) is 5.92 Å². The molecule has 3 aromatic rings. The van der Waals surface area contributed by atoms with E-state index >= 15 is 0 Å². The Kier molecular flexibility index (Phi) is 5.77. The van der Waals surface area contributed by atoms with Gasteiger partial charge in [0.15, 0.2) is 0 Å².